The Kier molecular flexibility index (Phi) is 2.27. The number of imidazole rings is 1. The van der Waals surface area contributed by atoms with Crippen LogP contribution in [0.25, 0.3) is 16.9 Å². The number of nitrogens with zero attached hydrogens (tertiary/aromatic N) is 4. The third-order valence-electron chi connectivity index (χ3n) is 5.92. The molecule has 2 aliphatic carbocycles. The zero-order chi connectivity index (χ0) is 16.2. The number of piperidine rings is 1. The minimum atomic E-state index is 0.0631. The van der Waals surface area contributed by atoms with E-state index in [2.05, 4.69) is 14.9 Å². The summed E-state index contributed by atoms with van der Waals surface area (Å²) in [4.78, 5) is 11.5. The molecule has 4 fully saturated rings. The maximum Gasteiger partial charge on any atom is 0.154 e. The monoisotopic (exact) mass is 357 g/mol. The smallest absolute Gasteiger partial charge is 0.154 e. The number of anilines is 1. The number of nitrogens with two attached hydrogens (primary N) is 1. The maximum absolute atomic E-state index is 6.38. The van der Waals surface area contributed by atoms with Gasteiger partial charge < -0.3 is 10.6 Å². The first-order valence-electron chi connectivity index (χ1n) is 7.94. The normalized spacial score (nSPS) is 32.3. The van der Waals surface area contributed by atoms with Crippen molar-refractivity contribution in [3.63, 3.8) is 0 Å². The van der Waals surface area contributed by atoms with Crippen molar-refractivity contribution < 1.29 is 0 Å². The largest absolute Gasteiger partial charge is 0.349 e. The second kappa shape index (κ2) is 4.04. The average molecular weight is 358 g/mol. The molecule has 0 radical (unpaired) electrons. The number of aromatic nitrogens is 3. The Balaban J connectivity index is 1.52. The van der Waals surface area contributed by atoms with Crippen LogP contribution in [-0.4, -0.2) is 32.5 Å². The fourth-order valence-electron chi connectivity index (χ4n) is 4.58. The molecule has 4 aliphatic rings. The topological polar surface area (TPSA) is 59.5 Å². The van der Waals surface area contributed by atoms with Gasteiger partial charge in [-0.25, -0.2) is 9.97 Å². The predicted octanol–water partition coefficient (Wildman–Crippen LogP) is 2.85. The molecule has 7 rings (SSSR count). The zero-order valence-electron chi connectivity index (χ0n) is 12.5. The molecule has 0 amide bonds. The number of fused-ring (bicyclic) bond motifs is 2. The molecule has 2 bridgehead atoms. The van der Waals surface area contributed by atoms with E-state index in [1.165, 1.54) is 0 Å². The molecule has 120 valence electrons. The Morgan fingerprint density at radius 2 is 2.08 bits per heavy atom. The van der Waals surface area contributed by atoms with E-state index in [-0.39, 0.29) is 5.54 Å². The van der Waals surface area contributed by atoms with Gasteiger partial charge in [0.15, 0.2) is 5.82 Å². The van der Waals surface area contributed by atoms with Crippen LogP contribution in [0, 0.1) is 11.8 Å². The van der Waals surface area contributed by atoms with Gasteiger partial charge in [-0.1, -0.05) is 29.3 Å². The van der Waals surface area contributed by atoms with Gasteiger partial charge in [0.05, 0.1) is 22.3 Å². The standard InChI is InChI=1S/C17H13Cl2N5/c18-10-3-1-2-8(13(10)19)15-22-6-11-16(21-4-5-23(11)15)24-7-9-12-14(24)17(9,12)20/h1-6,9,12,14H,7,20H2. The fourth-order valence-corrected chi connectivity index (χ4v) is 4.97. The molecular formula is C17H13Cl2N5. The highest BCUT2D eigenvalue weighted by Crippen LogP contribution is 2.77. The minimum Gasteiger partial charge on any atom is -0.349 e. The summed E-state index contributed by atoms with van der Waals surface area (Å²) in [6.07, 6.45) is 5.56. The average Bonchev–Trinajstić information content (AvgIpc) is 3.12. The van der Waals surface area contributed by atoms with Crippen LogP contribution in [0.1, 0.15) is 0 Å². The van der Waals surface area contributed by atoms with Gasteiger partial charge in [-0.15, -0.1) is 0 Å². The van der Waals surface area contributed by atoms with Crippen LogP contribution in [0.4, 0.5) is 5.82 Å². The summed E-state index contributed by atoms with van der Waals surface area (Å²) in [5.41, 5.74) is 8.22. The Labute approximate surface area is 148 Å². The van der Waals surface area contributed by atoms with Gasteiger partial charge in [-0.3, -0.25) is 4.40 Å². The summed E-state index contributed by atoms with van der Waals surface area (Å²) in [6.45, 7) is 0.997. The van der Waals surface area contributed by atoms with Gasteiger partial charge in [0.25, 0.3) is 0 Å². The molecule has 4 unspecified atom stereocenters. The predicted molar refractivity (Wildman–Crippen MR) is 93.5 cm³/mol. The Morgan fingerprint density at radius 1 is 1.25 bits per heavy atom. The third kappa shape index (κ3) is 1.39. The van der Waals surface area contributed by atoms with E-state index in [1.807, 2.05) is 28.9 Å². The van der Waals surface area contributed by atoms with Crippen molar-refractivity contribution in [1.82, 2.24) is 14.4 Å². The van der Waals surface area contributed by atoms with E-state index in [4.69, 9.17) is 28.9 Å². The number of benzene rings is 1. The van der Waals surface area contributed by atoms with Gasteiger partial charge in [0, 0.05) is 41.9 Å². The molecule has 7 heteroatoms. The molecule has 2 saturated carbocycles. The van der Waals surface area contributed by atoms with Crippen LogP contribution in [-0.2, 0) is 0 Å². The first-order valence-corrected chi connectivity index (χ1v) is 8.70. The van der Waals surface area contributed by atoms with Crippen molar-refractivity contribution in [2.45, 2.75) is 11.6 Å². The van der Waals surface area contributed by atoms with Gasteiger partial charge in [0.1, 0.15) is 11.3 Å². The van der Waals surface area contributed by atoms with E-state index in [0.717, 1.165) is 29.3 Å². The summed E-state index contributed by atoms with van der Waals surface area (Å²) in [5.74, 6) is 3.04. The van der Waals surface area contributed by atoms with E-state index in [9.17, 15) is 0 Å². The summed E-state index contributed by atoms with van der Waals surface area (Å²) < 4.78 is 2.02. The lowest BCUT2D eigenvalue weighted by Crippen LogP contribution is -2.28. The molecular weight excluding hydrogens is 345 g/mol. The lowest BCUT2D eigenvalue weighted by Gasteiger charge is -2.18. The second-order valence-electron chi connectivity index (χ2n) is 6.92. The SMILES string of the molecule is NC12C3CN(c4nccn5c(-c6cccc(Cl)c6Cl)ncc45)C1C32. The second-order valence-corrected chi connectivity index (χ2v) is 7.70. The third-order valence-corrected chi connectivity index (χ3v) is 6.74. The molecule has 2 aromatic heterocycles. The number of halogens is 2. The van der Waals surface area contributed by atoms with Crippen LogP contribution in [0.2, 0.25) is 10.0 Å². The molecule has 3 aromatic rings. The quantitative estimate of drug-likeness (QED) is 0.765. The first kappa shape index (κ1) is 13.5. The lowest BCUT2D eigenvalue weighted by molar-refractivity contribution is 0.666. The van der Waals surface area contributed by atoms with E-state index in [0.29, 0.717) is 27.9 Å². The van der Waals surface area contributed by atoms with Gasteiger partial charge in [0.2, 0.25) is 0 Å². The summed E-state index contributed by atoms with van der Waals surface area (Å²) in [5, 5.41) is 1.04. The first-order chi connectivity index (χ1) is 11.6. The molecule has 4 atom stereocenters. The molecule has 2 N–H and O–H groups in total. The van der Waals surface area contributed by atoms with Crippen LogP contribution in [0.15, 0.2) is 36.8 Å². The Bertz CT molecular complexity index is 1020. The molecule has 4 heterocycles. The van der Waals surface area contributed by atoms with Crippen molar-refractivity contribution in [1.29, 1.82) is 0 Å². The molecule has 24 heavy (non-hydrogen) atoms. The maximum atomic E-state index is 6.38. The highest BCUT2D eigenvalue weighted by Gasteiger charge is 2.91. The summed E-state index contributed by atoms with van der Waals surface area (Å²) in [6, 6.07) is 6.03. The molecule has 0 spiro atoms. The van der Waals surface area contributed by atoms with Crippen molar-refractivity contribution in [3.8, 4) is 11.4 Å². The van der Waals surface area contributed by atoms with Crippen LogP contribution in [0.5, 0.6) is 0 Å². The van der Waals surface area contributed by atoms with Crippen molar-refractivity contribution in [3.05, 3.63) is 46.8 Å². The van der Waals surface area contributed by atoms with E-state index < -0.39 is 0 Å². The van der Waals surface area contributed by atoms with Crippen molar-refractivity contribution in [2.24, 2.45) is 17.6 Å². The fraction of sp³-hybridized carbons (Fsp3) is 0.294. The Morgan fingerprint density at radius 3 is 2.83 bits per heavy atom. The zero-order valence-corrected chi connectivity index (χ0v) is 14.0. The van der Waals surface area contributed by atoms with Gasteiger partial charge in [-0.05, 0) is 12.1 Å². The lowest BCUT2D eigenvalue weighted by atomic mass is 10.2. The molecule has 1 aromatic carbocycles. The van der Waals surface area contributed by atoms with Crippen LogP contribution >= 0.6 is 23.2 Å². The Hall–Kier alpha value is -1.82. The molecule has 5 nitrogen and oxygen atoms in total. The van der Waals surface area contributed by atoms with Gasteiger partial charge in [-0.2, -0.15) is 0 Å². The number of rotatable bonds is 2. The molecule has 2 aliphatic heterocycles. The molecule has 2 saturated heterocycles. The number of hydrogen-bond acceptors (Lipinski definition) is 4. The highest BCUT2D eigenvalue weighted by molar-refractivity contribution is 6.43. The van der Waals surface area contributed by atoms with Crippen molar-refractivity contribution in [2.75, 3.05) is 11.4 Å². The summed E-state index contributed by atoms with van der Waals surface area (Å²) in [7, 11) is 0. The van der Waals surface area contributed by atoms with Crippen LogP contribution in [0.3, 0.4) is 0 Å². The van der Waals surface area contributed by atoms with Gasteiger partial charge >= 0.3 is 0 Å². The van der Waals surface area contributed by atoms with Crippen molar-refractivity contribution >= 4 is 34.5 Å². The minimum absolute atomic E-state index is 0.0631. The number of hydrogen-bond donors (Lipinski definition) is 1. The highest BCUT2D eigenvalue weighted by atomic mass is 35.5. The van der Waals surface area contributed by atoms with Crippen LogP contribution < -0.4 is 10.6 Å². The summed E-state index contributed by atoms with van der Waals surface area (Å²) >= 11 is 12.5. The van der Waals surface area contributed by atoms with E-state index >= 15 is 0 Å². The van der Waals surface area contributed by atoms with E-state index in [1.54, 1.807) is 12.3 Å².